The maximum absolute atomic E-state index is 12.4. The fraction of sp³-hybridized carbons (Fsp3) is 0.562. The number of hydrogen-bond acceptors (Lipinski definition) is 2. The summed E-state index contributed by atoms with van der Waals surface area (Å²) < 4.78 is 0. The van der Waals surface area contributed by atoms with Crippen LogP contribution in [0.25, 0.3) is 0 Å². The molecule has 3 heteroatoms. The maximum atomic E-state index is 12.4. The molecule has 19 heavy (non-hydrogen) atoms. The summed E-state index contributed by atoms with van der Waals surface area (Å²) in [6, 6.07) is 4.24. The van der Waals surface area contributed by atoms with Crippen LogP contribution in [0.3, 0.4) is 0 Å². The topological polar surface area (TPSA) is 32.3 Å². The van der Waals surface area contributed by atoms with Gasteiger partial charge in [0.1, 0.15) is 0 Å². The van der Waals surface area contributed by atoms with E-state index in [1.807, 2.05) is 0 Å². The molecule has 1 aliphatic rings. The van der Waals surface area contributed by atoms with Gasteiger partial charge in [0, 0.05) is 12.2 Å². The average molecular weight is 260 g/mol. The second kappa shape index (κ2) is 5.74. The van der Waals surface area contributed by atoms with Crippen molar-refractivity contribution in [2.75, 3.05) is 25.5 Å². The number of nitrogens with one attached hydrogen (secondary N) is 1. The first-order valence-electron chi connectivity index (χ1n) is 7.04. The molecular weight excluding hydrogens is 236 g/mol. The van der Waals surface area contributed by atoms with Crippen molar-refractivity contribution in [3.63, 3.8) is 0 Å². The van der Waals surface area contributed by atoms with Crippen LogP contribution in [0.4, 0.5) is 5.69 Å². The molecule has 1 aromatic rings. The van der Waals surface area contributed by atoms with E-state index in [0.29, 0.717) is 0 Å². The monoisotopic (exact) mass is 260 g/mol. The van der Waals surface area contributed by atoms with Crippen LogP contribution in [0.15, 0.2) is 12.1 Å². The predicted molar refractivity (Wildman–Crippen MR) is 79.5 cm³/mol. The van der Waals surface area contributed by atoms with Crippen molar-refractivity contribution in [3.8, 4) is 0 Å². The molecule has 0 radical (unpaired) electrons. The summed E-state index contributed by atoms with van der Waals surface area (Å²) in [4.78, 5) is 14.6. The van der Waals surface area contributed by atoms with Crippen LogP contribution in [-0.4, -0.2) is 30.9 Å². The van der Waals surface area contributed by atoms with Gasteiger partial charge in [-0.2, -0.15) is 0 Å². The standard InChI is InChI=1S/C16H24N2O/c1-11-8-12(2)15(13(3)9-11)17-16(19)14-6-5-7-18(4)10-14/h8-9,14H,5-7,10H2,1-4H3,(H,17,19)/t14-/m0/s1. The number of hydrogen-bond donors (Lipinski definition) is 1. The van der Waals surface area contributed by atoms with Gasteiger partial charge < -0.3 is 10.2 Å². The normalized spacial score (nSPS) is 20.3. The number of anilines is 1. The Morgan fingerprint density at radius 1 is 1.26 bits per heavy atom. The Hall–Kier alpha value is -1.35. The highest BCUT2D eigenvalue weighted by Crippen LogP contribution is 2.24. The fourth-order valence-electron chi connectivity index (χ4n) is 2.98. The third-order valence-electron chi connectivity index (χ3n) is 3.92. The Labute approximate surface area is 116 Å². The molecule has 0 spiro atoms. The van der Waals surface area contributed by atoms with Crippen molar-refractivity contribution in [1.82, 2.24) is 4.90 Å². The second-order valence-corrected chi connectivity index (χ2v) is 5.86. The van der Waals surface area contributed by atoms with Crippen molar-refractivity contribution < 1.29 is 4.79 Å². The quantitative estimate of drug-likeness (QED) is 0.886. The van der Waals surface area contributed by atoms with Gasteiger partial charge in [0.15, 0.2) is 0 Å². The van der Waals surface area contributed by atoms with E-state index in [4.69, 9.17) is 0 Å². The SMILES string of the molecule is Cc1cc(C)c(NC(=O)[C@H]2CCCN(C)C2)c(C)c1. The Kier molecular flexibility index (Phi) is 4.25. The van der Waals surface area contributed by atoms with Crippen molar-refractivity contribution in [2.24, 2.45) is 5.92 Å². The van der Waals surface area contributed by atoms with E-state index in [2.05, 4.69) is 50.2 Å². The third kappa shape index (κ3) is 3.35. The zero-order valence-electron chi connectivity index (χ0n) is 12.4. The van der Waals surface area contributed by atoms with Crippen LogP contribution in [0, 0.1) is 26.7 Å². The first-order valence-corrected chi connectivity index (χ1v) is 7.04. The van der Waals surface area contributed by atoms with Gasteiger partial charge in [-0.25, -0.2) is 0 Å². The molecule has 1 saturated heterocycles. The maximum Gasteiger partial charge on any atom is 0.228 e. The van der Waals surface area contributed by atoms with E-state index in [0.717, 1.165) is 42.7 Å². The lowest BCUT2D eigenvalue weighted by Gasteiger charge is -2.29. The van der Waals surface area contributed by atoms with Gasteiger partial charge in [-0.05, 0) is 58.3 Å². The number of rotatable bonds is 2. The first kappa shape index (κ1) is 14.1. The Morgan fingerprint density at radius 3 is 2.47 bits per heavy atom. The molecule has 0 aromatic heterocycles. The summed E-state index contributed by atoms with van der Waals surface area (Å²) in [5.41, 5.74) is 4.53. The highest BCUT2D eigenvalue weighted by Gasteiger charge is 2.24. The zero-order chi connectivity index (χ0) is 14.0. The van der Waals surface area contributed by atoms with Crippen molar-refractivity contribution in [3.05, 3.63) is 28.8 Å². The van der Waals surface area contributed by atoms with Gasteiger partial charge in [0.2, 0.25) is 5.91 Å². The fourth-order valence-corrected chi connectivity index (χ4v) is 2.98. The number of piperidine rings is 1. The molecule has 104 valence electrons. The summed E-state index contributed by atoms with van der Waals surface area (Å²) in [5.74, 6) is 0.292. The number of carbonyl (C=O) groups excluding carboxylic acids is 1. The van der Waals surface area contributed by atoms with E-state index < -0.39 is 0 Å². The second-order valence-electron chi connectivity index (χ2n) is 5.86. The highest BCUT2D eigenvalue weighted by molar-refractivity contribution is 5.94. The van der Waals surface area contributed by atoms with Crippen LogP contribution in [0.5, 0.6) is 0 Å². The number of amides is 1. The molecule has 0 saturated carbocycles. The molecular formula is C16H24N2O. The molecule has 0 aliphatic carbocycles. The van der Waals surface area contributed by atoms with E-state index in [-0.39, 0.29) is 11.8 Å². The lowest BCUT2D eigenvalue weighted by molar-refractivity contribution is -0.121. The number of likely N-dealkylation sites (tertiary alicyclic amines) is 1. The van der Waals surface area contributed by atoms with Crippen LogP contribution in [-0.2, 0) is 4.79 Å². The van der Waals surface area contributed by atoms with Crippen molar-refractivity contribution in [2.45, 2.75) is 33.6 Å². The van der Waals surface area contributed by atoms with Gasteiger partial charge in [-0.3, -0.25) is 4.79 Å². The Morgan fingerprint density at radius 2 is 1.89 bits per heavy atom. The summed E-state index contributed by atoms with van der Waals surface area (Å²) in [7, 11) is 2.09. The molecule has 1 atom stereocenters. The lowest BCUT2D eigenvalue weighted by atomic mass is 9.97. The average Bonchev–Trinajstić information content (AvgIpc) is 2.33. The van der Waals surface area contributed by atoms with Gasteiger partial charge >= 0.3 is 0 Å². The summed E-state index contributed by atoms with van der Waals surface area (Å²) in [6.07, 6.45) is 2.11. The van der Waals surface area contributed by atoms with Crippen molar-refractivity contribution >= 4 is 11.6 Å². The smallest absolute Gasteiger partial charge is 0.228 e. The summed E-state index contributed by atoms with van der Waals surface area (Å²) in [5, 5.41) is 3.13. The van der Waals surface area contributed by atoms with Gasteiger partial charge in [0.25, 0.3) is 0 Å². The van der Waals surface area contributed by atoms with E-state index in [1.54, 1.807) is 0 Å². The highest BCUT2D eigenvalue weighted by atomic mass is 16.1. The Bertz CT molecular complexity index is 459. The lowest BCUT2D eigenvalue weighted by Crippen LogP contribution is -2.38. The molecule has 1 N–H and O–H groups in total. The predicted octanol–water partition coefficient (Wildman–Crippen LogP) is 2.89. The van der Waals surface area contributed by atoms with Gasteiger partial charge in [0.05, 0.1) is 5.92 Å². The van der Waals surface area contributed by atoms with E-state index >= 15 is 0 Å². The largest absolute Gasteiger partial charge is 0.325 e. The molecule has 0 bridgehead atoms. The summed E-state index contributed by atoms with van der Waals surface area (Å²) >= 11 is 0. The number of benzene rings is 1. The minimum Gasteiger partial charge on any atom is -0.325 e. The molecule has 3 nitrogen and oxygen atoms in total. The molecule has 0 unspecified atom stereocenters. The minimum atomic E-state index is 0.124. The van der Waals surface area contributed by atoms with Gasteiger partial charge in [-0.15, -0.1) is 0 Å². The summed E-state index contributed by atoms with van der Waals surface area (Å²) in [6.45, 7) is 8.18. The van der Waals surface area contributed by atoms with E-state index in [1.165, 1.54) is 5.56 Å². The third-order valence-corrected chi connectivity index (χ3v) is 3.92. The minimum absolute atomic E-state index is 0.124. The molecule has 1 fully saturated rings. The zero-order valence-corrected chi connectivity index (χ0v) is 12.4. The van der Waals surface area contributed by atoms with E-state index in [9.17, 15) is 4.79 Å². The van der Waals surface area contributed by atoms with Crippen molar-refractivity contribution in [1.29, 1.82) is 0 Å². The Balaban J connectivity index is 2.10. The number of nitrogens with zero attached hydrogens (tertiary/aromatic N) is 1. The van der Waals surface area contributed by atoms with Crippen LogP contribution in [0.1, 0.15) is 29.5 Å². The van der Waals surface area contributed by atoms with Crippen LogP contribution >= 0.6 is 0 Å². The molecule has 1 aromatic carbocycles. The first-order chi connectivity index (χ1) is 8.97. The molecule has 1 aliphatic heterocycles. The van der Waals surface area contributed by atoms with Gasteiger partial charge in [-0.1, -0.05) is 17.7 Å². The van der Waals surface area contributed by atoms with Crippen LogP contribution in [0.2, 0.25) is 0 Å². The van der Waals surface area contributed by atoms with Crippen LogP contribution < -0.4 is 5.32 Å². The number of carbonyl (C=O) groups is 1. The molecule has 1 amide bonds. The number of aryl methyl sites for hydroxylation is 3. The molecule has 1 heterocycles. The molecule has 2 rings (SSSR count).